The fraction of sp³-hybridized carbons (Fsp3) is 0.231. The zero-order valence-electron chi connectivity index (χ0n) is 10.5. The van der Waals surface area contributed by atoms with E-state index in [1.807, 2.05) is 25.4 Å². The first kappa shape index (κ1) is 12.2. The van der Waals surface area contributed by atoms with Crippen LogP contribution in [0.25, 0.3) is 16.9 Å². The molecule has 94 valence electrons. The van der Waals surface area contributed by atoms with Crippen molar-refractivity contribution in [1.29, 1.82) is 0 Å². The molecule has 2 aromatic rings. The molecule has 0 spiro atoms. The number of carbonyl (C=O) groups excluding carboxylic acids is 1. The Morgan fingerprint density at radius 1 is 1.50 bits per heavy atom. The van der Waals surface area contributed by atoms with Crippen LogP contribution in [-0.4, -0.2) is 22.9 Å². The van der Waals surface area contributed by atoms with Gasteiger partial charge in [0.1, 0.15) is 11.5 Å². The van der Waals surface area contributed by atoms with Gasteiger partial charge < -0.3 is 9.15 Å². The number of hydrogen-bond acceptors (Lipinski definition) is 4. The van der Waals surface area contributed by atoms with Crippen molar-refractivity contribution in [3.05, 3.63) is 36.4 Å². The predicted octanol–water partition coefficient (Wildman–Crippen LogP) is 2.26. The third-order valence-corrected chi connectivity index (χ3v) is 2.52. The lowest BCUT2D eigenvalue weighted by molar-refractivity contribution is -0.134. The summed E-state index contributed by atoms with van der Waals surface area (Å²) in [4.78, 5) is 11.1. The summed E-state index contributed by atoms with van der Waals surface area (Å²) in [6.45, 7) is 1.79. The number of nitrogens with zero attached hydrogens (tertiary/aromatic N) is 2. The number of furan rings is 1. The smallest absolute Gasteiger partial charge is 0.330 e. The molecule has 0 fully saturated rings. The van der Waals surface area contributed by atoms with Crippen LogP contribution in [0.3, 0.4) is 0 Å². The van der Waals surface area contributed by atoms with E-state index < -0.39 is 5.97 Å². The Bertz CT molecular complexity index is 593. The Kier molecular flexibility index (Phi) is 3.32. The molecule has 5 nitrogen and oxygen atoms in total. The molecule has 0 amide bonds. The van der Waals surface area contributed by atoms with Gasteiger partial charge >= 0.3 is 5.97 Å². The van der Waals surface area contributed by atoms with Crippen LogP contribution in [0.5, 0.6) is 0 Å². The first-order valence-corrected chi connectivity index (χ1v) is 5.45. The fourth-order valence-corrected chi connectivity index (χ4v) is 1.56. The van der Waals surface area contributed by atoms with Crippen molar-refractivity contribution in [2.45, 2.75) is 6.92 Å². The van der Waals surface area contributed by atoms with Gasteiger partial charge in [0.15, 0.2) is 0 Å². The van der Waals surface area contributed by atoms with Crippen LogP contribution < -0.4 is 0 Å². The highest BCUT2D eigenvalue weighted by Crippen LogP contribution is 2.25. The van der Waals surface area contributed by atoms with Crippen molar-refractivity contribution < 1.29 is 13.9 Å². The van der Waals surface area contributed by atoms with Crippen LogP contribution in [0.2, 0.25) is 0 Å². The Morgan fingerprint density at radius 2 is 2.28 bits per heavy atom. The van der Waals surface area contributed by atoms with Crippen LogP contribution in [0.15, 0.2) is 35.0 Å². The molecule has 0 aliphatic carbocycles. The first-order valence-electron chi connectivity index (χ1n) is 5.45. The lowest BCUT2D eigenvalue weighted by Gasteiger charge is -1.96. The number of esters is 1. The average Bonchev–Trinajstić information content (AvgIpc) is 2.96. The van der Waals surface area contributed by atoms with Gasteiger partial charge in [-0.15, -0.1) is 0 Å². The molecule has 0 aromatic carbocycles. The van der Waals surface area contributed by atoms with Crippen molar-refractivity contribution in [1.82, 2.24) is 9.78 Å². The summed E-state index contributed by atoms with van der Waals surface area (Å²) in [5.74, 6) is 0.960. The van der Waals surface area contributed by atoms with Crippen LogP contribution in [0.4, 0.5) is 0 Å². The van der Waals surface area contributed by atoms with Gasteiger partial charge in [-0.25, -0.2) is 4.79 Å². The highest BCUT2D eigenvalue weighted by molar-refractivity contribution is 5.90. The van der Waals surface area contributed by atoms with Gasteiger partial charge in [-0.3, -0.25) is 4.68 Å². The van der Waals surface area contributed by atoms with Gasteiger partial charge in [-0.2, -0.15) is 5.10 Å². The SMILES string of the molecule is COC(=O)/C=C(\C)c1ccc(-c2cnn(C)c2)o1. The molecule has 0 radical (unpaired) electrons. The standard InChI is InChI=1S/C13H14N2O3/c1-9(6-13(16)17-3)11-4-5-12(18-11)10-7-14-15(2)8-10/h4-8H,1-3H3/b9-6+. The molecule has 0 saturated heterocycles. The highest BCUT2D eigenvalue weighted by atomic mass is 16.5. The van der Waals surface area contributed by atoms with E-state index in [1.165, 1.54) is 13.2 Å². The molecule has 0 atom stereocenters. The van der Waals surface area contributed by atoms with E-state index >= 15 is 0 Å². The van der Waals surface area contributed by atoms with Crippen molar-refractivity contribution in [2.24, 2.45) is 7.05 Å². The summed E-state index contributed by atoms with van der Waals surface area (Å²) in [5.41, 5.74) is 1.62. The van der Waals surface area contributed by atoms with Crippen LogP contribution in [0.1, 0.15) is 12.7 Å². The van der Waals surface area contributed by atoms with E-state index in [1.54, 1.807) is 17.8 Å². The molecule has 0 saturated carbocycles. The Balaban J connectivity index is 2.25. The zero-order chi connectivity index (χ0) is 13.1. The largest absolute Gasteiger partial charge is 0.466 e. The van der Waals surface area contributed by atoms with Crippen molar-refractivity contribution in [3.63, 3.8) is 0 Å². The maximum absolute atomic E-state index is 11.1. The van der Waals surface area contributed by atoms with Gasteiger partial charge in [0.05, 0.1) is 18.9 Å². The minimum atomic E-state index is -0.396. The molecule has 0 aliphatic heterocycles. The summed E-state index contributed by atoms with van der Waals surface area (Å²) in [6, 6.07) is 3.66. The van der Waals surface area contributed by atoms with E-state index in [2.05, 4.69) is 9.84 Å². The molecular formula is C13H14N2O3. The summed E-state index contributed by atoms with van der Waals surface area (Å²) in [6.07, 6.45) is 4.98. The lowest BCUT2D eigenvalue weighted by Crippen LogP contribution is -1.95. The van der Waals surface area contributed by atoms with Gasteiger partial charge in [-0.1, -0.05) is 0 Å². The number of methoxy groups -OCH3 is 1. The topological polar surface area (TPSA) is 57.3 Å². The van der Waals surface area contributed by atoms with E-state index in [0.717, 1.165) is 16.9 Å². The summed E-state index contributed by atoms with van der Waals surface area (Å²) in [7, 11) is 3.19. The molecular weight excluding hydrogens is 232 g/mol. The second kappa shape index (κ2) is 4.91. The molecule has 2 aromatic heterocycles. The van der Waals surface area contributed by atoms with Crippen LogP contribution in [0, 0.1) is 0 Å². The molecule has 0 bridgehead atoms. The molecule has 0 unspecified atom stereocenters. The zero-order valence-corrected chi connectivity index (χ0v) is 10.5. The summed E-state index contributed by atoms with van der Waals surface area (Å²) >= 11 is 0. The van der Waals surface area contributed by atoms with Gasteiger partial charge in [-0.05, 0) is 24.6 Å². The van der Waals surface area contributed by atoms with E-state index in [-0.39, 0.29) is 0 Å². The monoisotopic (exact) mass is 246 g/mol. The quantitative estimate of drug-likeness (QED) is 0.615. The molecule has 0 N–H and O–H groups in total. The van der Waals surface area contributed by atoms with Gasteiger partial charge in [0.25, 0.3) is 0 Å². The minimum Gasteiger partial charge on any atom is -0.466 e. The number of carbonyl (C=O) groups is 1. The third kappa shape index (κ3) is 2.51. The van der Waals surface area contributed by atoms with Gasteiger partial charge in [0, 0.05) is 19.3 Å². The lowest BCUT2D eigenvalue weighted by atomic mass is 10.2. The first-order chi connectivity index (χ1) is 8.60. The molecule has 5 heteroatoms. The number of aromatic nitrogens is 2. The summed E-state index contributed by atoms with van der Waals surface area (Å²) in [5, 5.41) is 4.08. The predicted molar refractivity (Wildman–Crippen MR) is 66.6 cm³/mol. The molecule has 18 heavy (non-hydrogen) atoms. The Labute approximate surface area is 105 Å². The normalized spacial score (nSPS) is 11.6. The molecule has 2 heterocycles. The van der Waals surface area contributed by atoms with Crippen molar-refractivity contribution in [2.75, 3.05) is 7.11 Å². The van der Waals surface area contributed by atoms with E-state index in [0.29, 0.717) is 5.76 Å². The number of ether oxygens (including phenoxy) is 1. The van der Waals surface area contributed by atoms with Crippen LogP contribution >= 0.6 is 0 Å². The van der Waals surface area contributed by atoms with Crippen molar-refractivity contribution in [3.8, 4) is 11.3 Å². The van der Waals surface area contributed by atoms with E-state index in [9.17, 15) is 4.79 Å². The second-order valence-electron chi connectivity index (χ2n) is 3.92. The fourth-order valence-electron chi connectivity index (χ4n) is 1.56. The maximum Gasteiger partial charge on any atom is 0.330 e. The summed E-state index contributed by atoms with van der Waals surface area (Å²) < 4.78 is 11.9. The molecule has 2 rings (SSSR count). The van der Waals surface area contributed by atoms with Crippen LogP contribution in [-0.2, 0) is 16.6 Å². The maximum atomic E-state index is 11.1. The van der Waals surface area contributed by atoms with E-state index in [4.69, 9.17) is 4.42 Å². The number of allylic oxidation sites excluding steroid dienone is 1. The molecule has 0 aliphatic rings. The number of rotatable bonds is 3. The highest BCUT2D eigenvalue weighted by Gasteiger charge is 2.08. The number of hydrogen-bond donors (Lipinski definition) is 0. The second-order valence-corrected chi connectivity index (χ2v) is 3.92. The Morgan fingerprint density at radius 3 is 2.89 bits per heavy atom. The average molecular weight is 246 g/mol. The number of aryl methyl sites for hydroxylation is 1. The van der Waals surface area contributed by atoms with Crippen molar-refractivity contribution >= 4 is 11.5 Å². The van der Waals surface area contributed by atoms with Gasteiger partial charge in [0.2, 0.25) is 0 Å². The third-order valence-electron chi connectivity index (χ3n) is 2.52. The Hall–Kier alpha value is -2.30. The minimum absolute atomic E-state index is 0.396.